The molecule has 1 amide bonds. The molecule has 1 saturated heterocycles. The van der Waals surface area contributed by atoms with Crippen molar-refractivity contribution in [3.63, 3.8) is 0 Å². The smallest absolute Gasteiger partial charge is 0.240 e. The summed E-state index contributed by atoms with van der Waals surface area (Å²) in [6, 6.07) is 8.94. The quantitative estimate of drug-likeness (QED) is 0.889. The Hall–Kier alpha value is -1.39. The van der Waals surface area contributed by atoms with Gasteiger partial charge in [-0.15, -0.1) is 0 Å². The highest BCUT2D eigenvalue weighted by atomic mass is 16.2. The van der Waals surface area contributed by atoms with Crippen molar-refractivity contribution in [2.75, 3.05) is 26.2 Å². The largest absolute Gasteiger partial charge is 0.339 e. The zero-order valence-corrected chi connectivity index (χ0v) is 13.0. The van der Waals surface area contributed by atoms with E-state index in [1.807, 2.05) is 4.90 Å². The van der Waals surface area contributed by atoms with E-state index >= 15 is 0 Å². The van der Waals surface area contributed by atoms with Crippen LogP contribution < -0.4 is 5.32 Å². The standard InChI is InChI=1S/C17H25N3O/c1-13(2)19-7-9-20(10-8-19)17(21)16-11-14-5-3-4-6-15(14)12-18-16/h3-6,13,16,18H,7-12H2,1-2H3/t16-/m0/s1. The predicted molar refractivity (Wildman–Crippen MR) is 84.1 cm³/mol. The lowest BCUT2D eigenvalue weighted by atomic mass is 9.95. The number of benzene rings is 1. The lowest BCUT2D eigenvalue weighted by molar-refractivity contribution is -0.135. The maximum Gasteiger partial charge on any atom is 0.240 e. The average Bonchev–Trinajstić information content (AvgIpc) is 2.54. The van der Waals surface area contributed by atoms with Gasteiger partial charge in [0.25, 0.3) is 0 Å². The van der Waals surface area contributed by atoms with E-state index in [1.165, 1.54) is 11.1 Å². The first-order valence-electron chi connectivity index (χ1n) is 7.98. The third kappa shape index (κ3) is 3.11. The van der Waals surface area contributed by atoms with Crippen LogP contribution in [0.15, 0.2) is 24.3 Å². The molecule has 0 spiro atoms. The number of hydrogen-bond acceptors (Lipinski definition) is 3. The molecule has 3 rings (SSSR count). The van der Waals surface area contributed by atoms with Crippen LogP contribution in [0.25, 0.3) is 0 Å². The molecule has 0 saturated carbocycles. The van der Waals surface area contributed by atoms with Gasteiger partial charge in [-0.1, -0.05) is 24.3 Å². The van der Waals surface area contributed by atoms with Crippen LogP contribution in [0.2, 0.25) is 0 Å². The van der Waals surface area contributed by atoms with Crippen molar-refractivity contribution in [1.29, 1.82) is 0 Å². The Morgan fingerprint density at radius 3 is 2.48 bits per heavy atom. The molecule has 0 bridgehead atoms. The van der Waals surface area contributed by atoms with Gasteiger partial charge in [0.2, 0.25) is 5.91 Å². The first-order valence-corrected chi connectivity index (χ1v) is 7.98. The first kappa shape index (κ1) is 14.5. The van der Waals surface area contributed by atoms with Crippen molar-refractivity contribution in [1.82, 2.24) is 15.1 Å². The lowest BCUT2D eigenvalue weighted by Crippen LogP contribution is -2.56. The van der Waals surface area contributed by atoms with E-state index in [1.54, 1.807) is 0 Å². The van der Waals surface area contributed by atoms with Gasteiger partial charge >= 0.3 is 0 Å². The van der Waals surface area contributed by atoms with E-state index in [9.17, 15) is 4.79 Å². The van der Waals surface area contributed by atoms with Crippen molar-refractivity contribution in [3.05, 3.63) is 35.4 Å². The summed E-state index contributed by atoms with van der Waals surface area (Å²) in [6.45, 7) is 8.94. The Morgan fingerprint density at radius 1 is 1.14 bits per heavy atom. The summed E-state index contributed by atoms with van der Waals surface area (Å²) in [5.41, 5.74) is 2.64. The number of carbonyl (C=O) groups is 1. The molecule has 1 aromatic rings. The molecule has 1 fully saturated rings. The third-order valence-electron chi connectivity index (χ3n) is 4.74. The van der Waals surface area contributed by atoms with E-state index < -0.39 is 0 Å². The van der Waals surface area contributed by atoms with E-state index in [2.05, 4.69) is 48.3 Å². The van der Waals surface area contributed by atoms with Crippen LogP contribution in [0, 0.1) is 0 Å². The summed E-state index contributed by atoms with van der Waals surface area (Å²) < 4.78 is 0. The maximum absolute atomic E-state index is 12.7. The predicted octanol–water partition coefficient (Wildman–Crippen LogP) is 1.25. The van der Waals surface area contributed by atoms with Crippen LogP contribution in [0.3, 0.4) is 0 Å². The Morgan fingerprint density at radius 2 is 1.81 bits per heavy atom. The SMILES string of the molecule is CC(C)N1CCN(C(=O)[C@@H]2Cc3ccccc3CN2)CC1. The minimum Gasteiger partial charge on any atom is -0.339 e. The summed E-state index contributed by atoms with van der Waals surface area (Å²) >= 11 is 0. The van der Waals surface area contributed by atoms with Gasteiger partial charge in [-0.05, 0) is 31.4 Å². The lowest BCUT2D eigenvalue weighted by Gasteiger charge is -2.39. The number of fused-ring (bicyclic) bond motifs is 1. The van der Waals surface area contributed by atoms with Crippen LogP contribution in [-0.4, -0.2) is 54.0 Å². The molecule has 114 valence electrons. The molecule has 2 heterocycles. The fraction of sp³-hybridized carbons (Fsp3) is 0.588. The summed E-state index contributed by atoms with van der Waals surface area (Å²) in [7, 11) is 0. The number of amides is 1. The van der Waals surface area contributed by atoms with Crippen LogP contribution in [-0.2, 0) is 17.8 Å². The first-order chi connectivity index (χ1) is 10.1. The van der Waals surface area contributed by atoms with Crippen LogP contribution in [0.1, 0.15) is 25.0 Å². The molecule has 0 unspecified atom stereocenters. The third-order valence-corrected chi connectivity index (χ3v) is 4.74. The second-order valence-electron chi connectivity index (χ2n) is 6.36. The second kappa shape index (κ2) is 6.16. The van der Waals surface area contributed by atoms with E-state index in [-0.39, 0.29) is 11.9 Å². The van der Waals surface area contributed by atoms with Gasteiger partial charge in [0, 0.05) is 38.8 Å². The summed E-state index contributed by atoms with van der Waals surface area (Å²) in [6.07, 6.45) is 0.819. The van der Waals surface area contributed by atoms with E-state index in [0.717, 1.165) is 39.1 Å². The highest BCUT2D eigenvalue weighted by Crippen LogP contribution is 2.18. The average molecular weight is 287 g/mol. The normalized spacial score (nSPS) is 23.2. The summed E-state index contributed by atoms with van der Waals surface area (Å²) in [5.74, 6) is 0.271. The Labute approximate surface area is 127 Å². The van der Waals surface area contributed by atoms with Crippen molar-refractivity contribution in [2.45, 2.75) is 38.9 Å². The van der Waals surface area contributed by atoms with Gasteiger partial charge in [0.05, 0.1) is 6.04 Å². The molecule has 4 nitrogen and oxygen atoms in total. The molecule has 1 N–H and O–H groups in total. The molecule has 4 heteroatoms. The van der Waals surface area contributed by atoms with Gasteiger partial charge < -0.3 is 10.2 Å². The zero-order valence-electron chi connectivity index (χ0n) is 13.0. The molecule has 0 aromatic heterocycles. The number of rotatable bonds is 2. The number of nitrogens with zero attached hydrogens (tertiary/aromatic N) is 2. The molecular weight excluding hydrogens is 262 g/mol. The minimum absolute atomic E-state index is 0.0505. The molecule has 1 aromatic carbocycles. The number of piperazine rings is 1. The Bertz CT molecular complexity index is 507. The molecule has 2 aliphatic heterocycles. The summed E-state index contributed by atoms with van der Waals surface area (Å²) in [5, 5.41) is 3.40. The van der Waals surface area contributed by atoms with Gasteiger partial charge in [0.1, 0.15) is 0 Å². The van der Waals surface area contributed by atoms with Gasteiger partial charge in [0.15, 0.2) is 0 Å². The van der Waals surface area contributed by atoms with Crippen molar-refractivity contribution < 1.29 is 4.79 Å². The second-order valence-corrected chi connectivity index (χ2v) is 6.36. The minimum atomic E-state index is -0.0505. The molecular formula is C17H25N3O. The molecule has 21 heavy (non-hydrogen) atoms. The Balaban J connectivity index is 1.60. The summed E-state index contributed by atoms with van der Waals surface area (Å²) in [4.78, 5) is 17.2. The monoisotopic (exact) mass is 287 g/mol. The van der Waals surface area contributed by atoms with E-state index in [0.29, 0.717) is 6.04 Å². The van der Waals surface area contributed by atoms with Gasteiger partial charge in [-0.2, -0.15) is 0 Å². The molecule has 0 radical (unpaired) electrons. The van der Waals surface area contributed by atoms with Crippen LogP contribution in [0.5, 0.6) is 0 Å². The van der Waals surface area contributed by atoms with Crippen molar-refractivity contribution >= 4 is 5.91 Å². The number of nitrogens with one attached hydrogen (secondary N) is 1. The molecule has 0 aliphatic carbocycles. The van der Waals surface area contributed by atoms with E-state index in [4.69, 9.17) is 0 Å². The highest BCUT2D eigenvalue weighted by Gasteiger charge is 2.30. The molecule has 2 aliphatic rings. The van der Waals surface area contributed by atoms with Crippen LogP contribution in [0.4, 0.5) is 0 Å². The maximum atomic E-state index is 12.7. The topological polar surface area (TPSA) is 35.6 Å². The van der Waals surface area contributed by atoms with Gasteiger partial charge in [-0.25, -0.2) is 0 Å². The number of hydrogen-bond donors (Lipinski definition) is 1. The van der Waals surface area contributed by atoms with Crippen LogP contribution >= 0.6 is 0 Å². The van der Waals surface area contributed by atoms with Crippen molar-refractivity contribution in [2.24, 2.45) is 0 Å². The fourth-order valence-corrected chi connectivity index (χ4v) is 3.31. The fourth-order valence-electron chi connectivity index (χ4n) is 3.31. The van der Waals surface area contributed by atoms with Gasteiger partial charge in [-0.3, -0.25) is 9.69 Å². The molecule has 1 atom stereocenters. The Kier molecular flexibility index (Phi) is 4.27. The highest BCUT2D eigenvalue weighted by molar-refractivity contribution is 5.82. The zero-order chi connectivity index (χ0) is 14.8. The number of carbonyl (C=O) groups excluding carboxylic acids is 1. The van der Waals surface area contributed by atoms with Crippen molar-refractivity contribution in [3.8, 4) is 0 Å².